The fourth-order valence-electron chi connectivity index (χ4n) is 0.678. The number of rotatable bonds is 5. The molecule has 0 amide bonds. The van der Waals surface area contributed by atoms with Crippen molar-refractivity contribution in [2.75, 3.05) is 0 Å². The lowest BCUT2D eigenvalue weighted by Gasteiger charge is -1.79. The molecular weight excluding hydrogens is 168 g/mol. The van der Waals surface area contributed by atoms with E-state index in [0.717, 1.165) is 12.0 Å². The molecule has 0 spiro atoms. The van der Waals surface area contributed by atoms with Gasteiger partial charge < -0.3 is 0 Å². The van der Waals surface area contributed by atoms with E-state index >= 15 is 0 Å². The van der Waals surface area contributed by atoms with Gasteiger partial charge in [0.05, 0.1) is 0 Å². The molecule has 0 unspecified atom stereocenters. The normalized spacial score (nSPS) is 9.93. The van der Waals surface area contributed by atoms with Crippen LogP contribution in [0.1, 0.15) is 40.0 Å². The molecule has 0 aromatic rings. The van der Waals surface area contributed by atoms with Gasteiger partial charge in [0, 0.05) is 0 Å². The maximum atomic E-state index is 3.71. The Bertz CT molecular complexity index is 182. The summed E-state index contributed by atoms with van der Waals surface area (Å²) in [5, 5.41) is 0. The van der Waals surface area contributed by atoms with Crippen LogP contribution in [-0.4, -0.2) is 0 Å². The zero-order valence-electron chi connectivity index (χ0n) is 9.92. The summed E-state index contributed by atoms with van der Waals surface area (Å²) < 4.78 is 0. The van der Waals surface area contributed by atoms with Gasteiger partial charge in [0.2, 0.25) is 0 Å². The molecule has 80 valence electrons. The van der Waals surface area contributed by atoms with Crippen molar-refractivity contribution < 1.29 is 0 Å². The molecule has 0 aromatic heterocycles. The van der Waals surface area contributed by atoms with E-state index in [1.54, 1.807) is 6.08 Å². The lowest BCUT2D eigenvalue weighted by atomic mass is 10.3. The average molecular weight is 192 g/mol. The highest BCUT2D eigenvalue weighted by atomic mass is 13.7. The molecule has 0 bridgehead atoms. The third-order valence-electron chi connectivity index (χ3n) is 1.37. The van der Waals surface area contributed by atoms with E-state index in [9.17, 15) is 0 Å². The second kappa shape index (κ2) is 14.5. The van der Waals surface area contributed by atoms with Gasteiger partial charge in [-0.05, 0) is 19.8 Å². The molecule has 0 heteroatoms. The highest BCUT2D eigenvalue weighted by Gasteiger charge is 1.68. The SMILES string of the molecule is C=C(C)C=CCC.C=CC=CCCC. The lowest BCUT2D eigenvalue weighted by molar-refractivity contribution is 0.959. The van der Waals surface area contributed by atoms with Gasteiger partial charge in [0.1, 0.15) is 0 Å². The second-order valence-corrected chi connectivity index (χ2v) is 3.11. The van der Waals surface area contributed by atoms with Crippen molar-refractivity contribution in [1.29, 1.82) is 0 Å². The van der Waals surface area contributed by atoms with Crippen molar-refractivity contribution in [2.24, 2.45) is 0 Å². The minimum atomic E-state index is 1.10. The Morgan fingerprint density at radius 2 is 1.86 bits per heavy atom. The third-order valence-corrected chi connectivity index (χ3v) is 1.37. The molecule has 14 heavy (non-hydrogen) atoms. The van der Waals surface area contributed by atoms with Crippen LogP contribution in [0.15, 0.2) is 49.1 Å². The Labute approximate surface area is 89.7 Å². The quantitative estimate of drug-likeness (QED) is 0.534. The summed E-state index contributed by atoms with van der Waals surface area (Å²) in [6.07, 6.45) is 13.5. The van der Waals surface area contributed by atoms with E-state index in [1.165, 1.54) is 12.8 Å². The minimum Gasteiger partial charge on any atom is -0.0991 e. The zero-order valence-corrected chi connectivity index (χ0v) is 9.92. The van der Waals surface area contributed by atoms with Crippen LogP contribution in [-0.2, 0) is 0 Å². The second-order valence-electron chi connectivity index (χ2n) is 3.11. The predicted octanol–water partition coefficient (Wildman–Crippen LogP) is 5.06. The molecule has 0 N–H and O–H groups in total. The summed E-state index contributed by atoms with van der Waals surface area (Å²) in [6, 6.07) is 0. The number of unbranched alkanes of at least 4 members (excludes halogenated alkanes) is 1. The summed E-state index contributed by atoms with van der Waals surface area (Å²) in [7, 11) is 0. The summed E-state index contributed by atoms with van der Waals surface area (Å²) in [5.41, 5.74) is 1.13. The molecule has 0 aliphatic heterocycles. The fraction of sp³-hybridized carbons (Fsp3) is 0.429. The Kier molecular flexibility index (Phi) is 16.0. The van der Waals surface area contributed by atoms with E-state index in [0.29, 0.717) is 0 Å². The van der Waals surface area contributed by atoms with Gasteiger partial charge >= 0.3 is 0 Å². The Morgan fingerprint density at radius 3 is 2.14 bits per heavy atom. The molecule has 0 radical (unpaired) electrons. The largest absolute Gasteiger partial charge is 0.0991 e. The Hall–Kier alpha value is -1.04. The molecule has 0 saturated heterocycles. The van der Waals surface area contributed by atoms with Crippen LogP contribution >= 0.6 is 0 Å². The molecule has 0 aliphatic carbocycles. The van der Waals surface area contributed by atoms with Gasteiger partial charge in [-0.3, -0.25) is 0 Å². The summed E-state index contributed by atoms with van der Waals surface area (Å²) in [4.78, 5) is 0. The van der Waals surface area contributed by atoms with Crippen LogP contribution in [0, 0.1) is 0 Å². The highest BCUT2D eigenvalue weighted by molar-refractivity contribution is 5.10. The van der Waals surface area contributed by atoms with Crippen molar-refractivity contribution in [3.63, 3.8) is 0 Å². The van der Waals surface area contributed by atoms with Crippen LogP contribution in [0.3, 0.4) is 0 Å². The lowest BCUT2D eigenvalue weighted by Crippen LogP contribution is -1.58. The van der Waals surface area contributed by atoms with E-state index in [4.69, 9.17) is 0 Å². The van der Waals surface area contributed by atoms with E-state index in [-0.39, 0.29) is 0 Å². The monoisotopic (exact) mass is 192 g/mol. The van der Waals surface area contributed by atoms with Gasteiger partial charge in [-0.15, -0.1) is 0 Å². The van der Waals surface area contributed by atoms with Crippen molar-refractivity contribution in [3.8, 4) is 0 Å². The topological polar surface area (TPSA) is 0 Å². The van der Waals surface area contributed by atoms with Crippen molar-refractivity contribution in [2.45, 2.75) is 40.0 Å². The summed E-state index contributed by atoms with van der Waals surface area (Å²) in [6.45, 7) is 13.5. The average Bonchev–Trinajstić information content (AvgIpc) is 2.16. The summed E-state index contributed by atoms with van der Waals surface area (Å²) in [5.74, 6) is 0. The predicted molar refractivity (Wildman–Crippen MR) is 68.5 cm³/mol. The first kappa shape index (κ1) is 15.4. The van der Waals surface area contributed by atoms with Gasteiger partial charge in [-0.1, -0.05) is 69.4 Å². The van der Waals surface area contributed by atoms with Crippen LogP contribution in [0.4, 0.5) is 0 Å². The van der Waals surface area contributed by atoms with Crippen molar-refractivity contribution >= 4 is 0 Å². The number of allylic oxidation sites excluding steroid dienone is 6. The molecule has 0 heterocycles. The first-order chi connectivity index (χ1) is 6.68. The maximum absolute atomic E-state index is 3.71. The zero-order chi connectivity index (χ0) is 11.2. The minimum absolute atomic E-state index is 1.10. The highest BCUT2D eigenvalue weighted by Crippen LogP contribution is 1.89. The number of hydrogen-bond acceptors (Lipinski definition) is 0. The third kappa shape index (κ3) is 22.4. The van der Waals surface area contributed by atoms with Crippen LogP contribution in [0.2, 0.25) is 0 Å². The fourth-order valence-corrected chi connectivity index (χ4v) is 0.678. The van der Waals surface area contributed by atoms with Gasteiger partial charge in [0.15, 0.2) is 0 Å². The molecule has 0 nitrogen and oxygen atoms in total. The Morgan fingerprint density at radius 1 is 1.21 bits per heavy atom. The molecule has 0 aromatic carbocycles. The van der Waals surface area contributed by atoms with Gasteiger partial charge in [0.25, 0.3) is 0 Å². The molecule has 0 atom stereocenters. The van der Waals surface area contributed by atoms with E-state index in [1.807, 2.05) is 19.1 Å². The van der Waals surface area contributed by atoms with Crippen LogP contribution < -0.4 is 0 Å². The maximum Gasteiger partial charge on any atom is -0.0350 e. The molecule has 0 aliphatic rings. The summed E-state index contributed by atoms with van der Waals surface area (Å²) >= 11 is 0. The van der Waals surface area contributed by atoms with Gasteiger partial charge in [-0.25, -0.2) is 0 Å². The molecule has 0 saturated carbocycles. The van der Waals surface area contributed by atoms with Crippen LogP contribution in [0.5, 0.6) is 0 Å². The van der Waals surface area contributed by atoms with Gasteiger partial charge in [-0.2, -0.15) is 0 Å². The first-order valence-corrected chi connectivity index (χ1v) is 5.28. The smallest absolute Gasteiger partial charge is 0.0350 e. The van der Waals surface area contributed by atoms with E-state index < -0.39 is 0 Å². The molecule has 0 rings (SSSR count). The van der Waals surface area contributed by atoms with E-state index in [2.05, 4.69) is 39.2 Å². The first-order valence-electron chi connectivity index (χ1n) is 5.28. The number of hydrogen-bond donors (Lipinski definition) is 0. The van der Waals surface area contributed by atoms with Crippen molar-refractivity contribution in [3.05, 3.63) is 49.1 Å². The van der Waals surface area contributed by atoms with Crippen molar-refractivity contribution in [1.82, 2.24) is 0 Å². The molecule has 0 fully saturated rings. The van der Waals surface area contributed by atoms with Crippen LogP contribution in [0.25, 0.3) is 0 Å². The Balaban J connectivity index is 0. The standard InChI is InChI=1S/2C7H12/c1-4-5-6-7(2)3;1-3-5-7-6-4-2/h5-6H,2,4H2,1,3H3;3,5,7H,1,4,6H2,2H3. The molecular formula is C14H24.